The highest BCUT2D eigenvalue weighted by molar-refractivity contribution is 6.33. The third kappa shape index (κ3) is 2.55. The Kier molecular flexibility index (Phi) is 3.54. The minimum Gasteiger partial charge on any atom is -0.338 e. The summed E-state index contributed by atoms with van der Waals surface area (Å²) in [6.45, 7) is 0. The summed E-state index contributed by atoms with van der Waals surface area (Å²) < 4.78 is 18.5. The van der Waals surface area contributed by atoms with Crippen LogP contribution in [0.5, 0.6) is 0 Å². The smallest absolute Gasteiger partial charge is 0.235 e. The molecule has 0 unspecified atom stereocenters. The van der Waals surface area contributed by atoms with Crippen molar-refractivity contribution in [2.75, 3.05) is 5.32 Å². The lowest BCUT2D eigenvalue weighted by Crippen LogP contribution is -2.23. The molecule has 2 heterocycles. The molecule has 0 radical (unpaired) electrons. The third-order valence-electron chi connectivity index (χ3n) is 3.91. The van der Waals surface area contributed by atoms with Gasteiger partial charge in [-0.2, -0.15) is 4.98 Å². The number of carbonyl (C=O) groups is 1. The van der Waals surface area contributed by atoms with Crippen LogP contribution in [0.4, 0.5) is 10.1 Å². The maximum Gasteiger partial charge on any atom is 0.235 e. The van der Waals surface area contributed by atoms with Crippen LogP contribution in [0.3, 0.4) is 0 Å². The van der Waals surface area contributed by atoms with Crippen LogP contribution in [0, 0.1) is 5.82 Å². The van der Waals surface area contributed by atoms with Crippen molar-refractivity contribution in [3.05, 3.63) is 64.8 Å². The number of rotatable bonds is 2. The summed E-state index contributed by atoms with van der Waals surface area (Å²) in [5, 5.41) is 6.95. The van der Waals surface area contributed by atoms with Gasteiger partial charge in [0.2, 0.25) is 17.6 Å². The first-order valence-electron chi connectivity index (χ1n) is 7.29. The Morgan fingerprint density at radius 2 is 2.08 bits per heavy atom. The fourth-order valence-electron chi connectivity index (χ4n) is 2.79. The molecule has 1 aromatic heterocycles. The number of halogens is 2. The number of amides is 1. The van der Waals surface area contributed by atoms with E-state index >= 15 is 0 Å². The molecular formula is C17H11ClFN3O2. The molecule has 24 heavy (non-hydrogen) atoms. The highest BCUT2D eigenvalue weighted by Crippen LogP contribution is 2.37. The van der Waals surface area contributed by atoms with Gasteiger partial charge in [-0.15, -0.1) is 0 Å². The Morgan fingerprint density at radius 1 is 1.25 bits per heavy atom. The van der Waals surface area contributed by atoms with Crippen LogP contribution in [0.25, 0.3) is 11.4 Å². The molecule has 1 aliphatic heterocycles. The fraction of sp³-hybridized carbons (Fsp3) is 0.118. The lowest BCUT2D eigenvalue weighted by Gasteiger charge is -2.22. The predicted molar refractivity (Wildman–Crippen MR) is 86.2 cm³/mol. The van der Waals surface area contributed by atoms with Gasteiger partial charge in [0, 0.05) is 17.7 Å². The predicted octanol–water partition coefficient (Wildman–Crippen LogP) is 4.00. The molecular weight excluding hydrogens is 333 g/mol. The minimum absolute atomic E-state index is 0.113. The van der Waals surface area contributed by atoms with E-state index in [1.807, 2.05) is 24.3 Å². The average molecular weight is 344 g/mol. The Bertz CT molecular complexity index is 941. The molecule has 1 N–H and O–H groups in total. The molecule has 0 saturated heterocycles. The zero-order valence-electron chi connectivity index (χ0n) is 12.3. The van der Waals surface area contributed by atoms with Gasteiger partial charge in [-0.05, 0) is 29.8 Å². The Hall–Kier alpha value is -2.73. The van der Waals surface area contributed by atoms with Gasteiger partial charge in [0.1, 0.15) is 5.82 Å². The van der Waals surface area contributed by atoms with E-state index in [9.17, 15) is 9.18 Å². The molecule has 1 amide bonds. The molecule has 3 aromatic rings. The average Bonchev–Trinajstić information content (AvgIpc) is 3.03. The Labute approximate surface area is 141 Å². The van der Waals surface area contributed by atoms with E-state index in [4.69, 9.17) is 16.1 Å². The van der Waals surface area contributed by atoms with E-state index in [2.05, 4.69) is 15.5 Å². The summed E-state index contributed by atoms with van der Waals surface area (Å²) in [5.74, 6) is -0.287. The van der Waals surface area contributed by atoms with Gasteiger partial charge >= 0.3 is 0 Å². The monoisotopic (exact) mass is 343 g/mol. The number of nitrogens with one attached hydrogen (secondary N) is 1. The van der Waals surface area contributed by atoms with E-state index in [-0.39, 0.29) is 29.1 Å². The first kappa shape index (κ1) is 14.8. The minimum atomic E-state index is -0.439. The van der Waals surface area contributed by atoms with Gasteiger partial charge in [0.25, 0.3) is 0 Å². The van der Waals surface area contributed by atoms with Crippen molar-refractivity contribution in [3.8, 4) is 11.4 Å². The van der Waals surface area contributed by atoms with Gasteiger partial charge in [-0.3, -0.25) is 4.79 Å². The number of anilines is 1. The zero-order valence-corrected chi connectivity index (χ0v) is 13.0. The number of para-hydroxylation sites is 1. The van der Waals surface area contributed by atoms with E-state index < -0.39 is 5.82 Å². The first-order valence-corrected chi connectivity index (χ1v) is 7.67. The molecule has 0 spiro atoms. The maximum atomic E-state index is 13.2. The topological polar surface area (TPSA) is 68.0 Å². The van der Waals surface area contributed by atoms with Gasteiger partial charge in [0.15, 0.2) is 0 Å². The van der Waals surface area contributed by atoms with E-state index in [1.54, 1.807) is 0 Å². The highest BCUT2D eigenvalue weighted by Gasteiger charge is 2.30. The highest BCUT2D eigenvalue weighted by atomic mass is 35.5. The second-order valence-electron chi connectivity index (χ2n) is 5.47. The number of hydrogen-bond donors (Lipinski definition) is 1. The molecule has 1 atom stereocenters. The largest absolute Gasteiger partial charge is 0.338 e. The summed E-state index contributed by atoms with van der Waals surface area (Å²) in [7, 11) is 0. The van der Waals surface area contributed by atoms with Crippen molar-refractivity contribution >= 4 is 23.2 Å². The number of hydrogen-bond acceptors (Lipinski definition) is 4. The number of aromatic nitrogens is 2. The second kappa shape index (κ2) is 5.72. The summed E-state index contributed by atoms with van der Waals surface area (Å²) in [6.07, 6.45) is 0.218. The summed E-state index contributed by atoms with van der Waals surface area (Å²) in [4.78, 5) is 16.3. The van der Waals surface area contributed by atoms with Gasteiger partial charge in [-0.25, -0.2) is 4.39 Å². The van der Waals surface area contributed by atoms with Gasteiger partial charge in [0.05, 0.1) is 10.9 Å². The second-order valence-corrected chi connectivity index (χ2v) is 5.88. The third-order valence-corrected chi connectivity index (χ3v) is 4.22. The van der Waals surface area contributed by atoms with E-state index in [1.165, 1.54) is 18.2 Å². The number of nitrogens with zero attached hydrogens (tertiary/aromatic N) is 2. The lowest BCUT2D eigenvalue weighted by molar-refractivity contribution is -0.116. The van der Waals surface area contributed by atoms with Crippen LogP contribution in [-0.4, -0.2) is 16.0 Å². The van der Waals surface area contributed by atoms with Crippen molar-refractivity contribution in [1.82, 2.24) is 10.1 Å². The molecule has 5 nitrogen and oxygen atoms in total. The Balaban J connectivity index is 1.74. The first-order chi connectivity index (χ1) is 11.6. The molecule has 4 rings (SSSR count). The normalized spacial score (nSPS) is 16.6. The van der Waals surface area contributed by atoms with E-state index in [0.717, 1.165) is 11.3 Å². The molecule has 0 aliphatic carbocycles. The Morgan fingerprint density at radius 3 is 2.92 bits per heavy atom. The molecule has 1 aliphatic rings. The van der Waals surface area contributed by atoms with Gasteiger partial charge in [-0.1, -0.05) is 35.0 Å². The van der Waals surface area contributed by atoms with Crippen molar-refractivity contribution in [2.24, 2.45) is 0 Å². The van der Waals surface area contributed by atoms with E-state index in [0.29, 0.717) is 11.5 Å². The number of benzene rings is 2. The van der Waals surface area contributed by atoms with Crippen LogP contribution in [0.15, 0.2) is 47.0 Å². The standard InChI is InChI=1S/C17H11ClFN3O2/c18-13-7-9(19)5-6-11(13)16-21-17(24-22-16)12-8-15(23)20-14-4-2-1-3-10(12)14/h1-7,12H,8H2,(H,20,23)/t12-/m1/s1. The van der Waals surface area contributed by atoms with Gasteiger partial charge < -0.3 is 9.84 Å². The van der Waals surface area contributed by atoms with Crippen LogP contribution >= 0.6 is 11.6 Å². The molecule has 0 bridgehead atoms. The van der Waals surface area contributed by atoms with Crippen LogP contribution in [0.2, 0.25) is 5.02 Å². The SMILES string of the molecule is O=C1C[C@@H](c2nc(-c3ccc(F)cc3Cl)no2)c2ccccc2N1. The fourth-order valence-corrected chi connectivity index (χ4v) is 3.04. The zero-order chi connectivity index (χ0) is 16.7. The molecule has 0 saturated carbocycles. The van der Waals surface area contributed by atoms with Crippen LogP contribution in [0.1, 0.15) is 23.8 Å². The van der Waals surface area contributed by atoms with Crippen molar-refractivity contribution in [2.45, 2.75) is 12.3 Å². The van der Waals surface area contributed by atoms with Crippen molar-refractivity contribution in [1.29, 1.82) is 0 Å². The van der Waals surface area contributed by atoms with Crippen molar-refractivity contribution in [3.63, 3.8) is 0 Å². The molecule has 120 valence electrons. The number of carbonyl (C=O) groups excluding carboxylic acids is 1. The summed E-state index contributed by atoms with van der Waals surface area (Å²) in [5.41, 5.74) is 2.12. The molecule has 0 fully saturated rings. The molecule has 2 aromatic carbocycles. The van der Waals surface area contributed by atoms with Crippen LogP contribution < -0.4 is 5.32 Å². The summed E-state index contributed by atoms with van der Waals surface area (Å²) in [6, 6.07) is 11.4. The molecule has 7 heteroatoms. The van der Waals surface area contributed by atoms with Crippen LogP contribution in [-0.2, 0) is 4.79 Å². The quantitative estimate of drug-likeness (QED) is 0.763. The maximum absolute atomic E-state index is 13.2. The van der Waals surface area contributed by atoms with Crippen molar-refractivity contribution < 1.29 is 13.7 Å². The lowest BCUT2D eigenvalue weighted by atomic mass is 9.90. The number of fused-ring (bicyclic) bond motifs is 1. The summed E-state index contributed by atoms with van der Waals surface area (Å²) >= 11 is 6.04.